The van der Waals surface area contributed by atoms with Gasteiger partial charge in [0, 0.05) is 28.6 Å². The number of carbonyl (C=O) groups is 2. The number of ketones is 1. The summed E-state index contributed by atoms with van der Waals surface area (Å²) in [6.45, 7) is 2.64. The maximum absolute atomic E-state index is 13.2. The number of aliphatic hydroxyl groups is 1. The average Bonchev–Trinajstić information content (AvgIpc) is 3.15. The summed E-state index contributed by atoms with van der Waals surface area (Å²) in [5, 5.41) is 13.8. The molecule has 2 aromatic carbocycles. The summed E-state index contributed by atoms with van der Waals surface area (Å²) in [7, 11) is 0. The van der Waals surface area contributed by atoms with E-state index >= 15 is 0 Å². The topological polar surface area (TPSA) is 118 Å². The van der Waals surface area contributed by atoms with E-state index in [-0.39, 0.29) is 28.6 Å². The van der Waals surface area contributed by atoms with Crippen molar-refractivity contribution >= 4 is 51.7 Å². The number of piperidine rings is 1. The number of halogens is 2. The maximum atomic E-state index is 13.2. The van der Waals surface area contributed by atoms with Gasteiger partial charge in [-0.3, -0.25) is 4.79 Å². The van der Waals surface area contributed by atoms with Gasteiger partial charge >= 0.3 is 6.03 Å². The average molecular weight is 506 g/mol. The van der Waals surface area contributed by atoms with Gasteiger partial charge < -0.3 is 30.2 Å². The zero-order valence-corrected chi connectivity index (χ0v) is 19.9. The zero-order chi connectivity index (χ0) is 24.2. The number of primary amides is 1. The third-order valence-corrected chi connectivity index (χ3v) is 6.20. The van der Waals surface area contributed by atoms with Gasteiger partial charge in [-0.25, -0.2) is 4.79 Å². The number of aliphatic hydroxyl groups excluding tert-OH is 1. The van der Waals surface area contributed by atoms with Crippen LogP contribution in [-0.2, 0) is 0 Å². The summed E-state index contributed by atoms with van der Waals surface area (Å²) in [5.41, 5.74) is 5.92. The van der Waals surface area contributed by atoms with Crippen LogP contribution in [0.1, 0.15) is 35.4 Å². The Kier molecular flexibility index (Phi) is 7.63. The first kappa shape index (κ1) is 24.3. The Morgan fingerprint density at radius 1 is 1.15 bits per heavy atom. The molecule has 1 atom stereocenters. The Balaban J connectivity index is 1.56. The molecule has 4 N–H and O–H groups in total. The van der Waals surface area contributed by atoms with Crippen LogP contribution in [0.5, 0.6) is 5.75 Å². The molecule has 0 bridgehead atoms. The fourth-order valence-corrected chi connectivity index (χ4v) is 4.55. The molecule has 8 nitrogen and oxygen atoms in total. The minimum atomic E-state index is -0.847. The SMILES string of the molecule is NC(=O)Nc1c(C(=O)c2ccc(Cl)cc2Cl)oc2cc(OCC(O)CN3CCCCC3)ccc12. The maximum Gasteiger partial charge on any atom is 0.316 e. The standard InChI is InChI=1S/C24H25Cl2N3O5/c25-14-4-6-17(19(26)10-14)22(31)23-21(28-24(27)32)18-7-5-16(11-20(18)34-23)33-13-15(30)12-29-8-2-1-3-9-29/h4-7,10-11,15,30H,1-3,8-9,12-13H2,(H3,27,28,32). The molecule has 10 heteroatoms. The third kappa shape index (κ3) is 5.64. The molecule has 0 radical (unpaired) electrons. The van der Waals surface area contributed by atoms with Crippen molar-refractivity contribution in [2.75, 3.05) is 31.6 Å². The number of nitrogens with zero attached hydrogens (tertiary/aromatic N) is 1. The predicted molar refractivity (Wildman–Crippen MR) is 131 cm³/mol. The summed E-state index contributed by atoms with van der Waals surface area (Å²) in [4.78, 5) is 27.0. The second kappa shape index (κ2) is 10.7. The molecular weight excluding hydrogens is 481 g/mol. The van der Waals surface area contributed by atoms with E-state index < -0.39 is 17.9 Å². The molecule has 2 amide bonds. The Morgan fingerprint density at radius 3 is 2.62 bits per heavy atom. The van der Waals surface area contributed by atoms with Gasteiger partial charge in [0.1, 0.15) is 29.7 Å². The molecule has 4 rings (SSSR count). The molecule has 0 spiro atoms. The highest BCUT2D eigenvalue weighted by molar-refractivity contribution is 6.37. The summed E-state index contributed by atoms with van der Waals surface area (Å²) in [6, 6.07) is 8.52. The Morgan fingerprint density at radius 2 is 1.91 bits per heavy atom. The number of nitrogens with one attached hydrogen (secondary N) is 1. The van der Waals surface area contributed by atoms with Gasteiger partial charge in [0.2, 0.25) is 5.78 Å². The van der Waals surface area contributed by atoms with Gasteiger partial charge in [0.25, 0.3) is 0 Å². The number of urea groups is 1. The van der Waals surface area contributed by atoms with E-state index in [0.717, 1.165) is 25.9 Å². The highest BCUT2D eigenvalue weighted by Crippen LogP contribution is 2.36. The Bertz CT molecular complexity index is 1210. The molecular formula is C24H25Cl2N3O5. The number of nitrogens with two attached hydrogens (primary N) is 1. The zero-order valence-electron chi connectivity index (χ0n) is 18.4. The molecule has 0 saturated carbocycles. The van der Waals surface area contributed by atoms with Gasteiger partial charge in [-0.1, -0.05) is 29.6 Å². The molecule has 1 aromatic heterocycles. The second-order valence-corrected chi connectivity index (χ2v) is 9.08. The van der Waals surface area contributed by atoms with Crippen LogP contribution in [0.15, 0.2) is 40.8 Å². The lowest BCUT2D eigenvalue weighted by Gasteiger charge is -2.28. The molecule has 1 aliphatic heterocycles. The number of hydrogen-bond acceptors (Lipinski definition) is 6. The van der Waals surface area contributed by atoms with Crippen LogP contribution < -0.4 is 15.8 Å². The normalized spacial score (nSPS) is 15.3. The number of benzene rings is 2. The highest BCUT2D eigenvalue weighted by atomic mass is 35.5. The first-order valence-electron chi connectivity index (χ1n) is 11.0. The summed E-state index contributed by atoms with van der Waals surface area (Å²) in [5.74, 6) is -0.213. The number of carbonyl (C=O) groups excluding carboxylic acids is 2. The van der Waals surface area contributed by atoms with Crippen molar-refractivity contribution in [3.8, 4) is 5.75 Å². The number of amides is 2. The number of anilines is 1. The fourth-order valence-electron chi connectivity index (χ4n) is 4.05. The summed E-state index contributed by atoms with van der Waals surface area (Å²) < 4.78 is 11.6. The van der Waals surface area contributed by atoms with Crippen LogP contribution in [0.3, 0.4) is 0 Å². The molecule has 1 fully saturated rings. The molecule has 34 heavy (non-hydrogen) atoms. The molecule has 3 aromatic rings. The van der Waals surface area contributed by atoms with Crippen molar-refractivity contribution in [3.05, 3.63) is 57.8 Å². The smallest absolute Gasteiger partial charge is 0.316 e. The van der Waals surface area contributed by atoms with Crippen LogP contribution in [0, 0.1) is 0 Å². The van der Waals surface area contributed by atoms with Gasteiger partial charge in [0.15, 0.2) is 5.76 Å². The van der Waals surface area contributed by atoms with E-state index in [1.807, 2.05) is 0 Å². The highest BCUT2D eigenvalue weighted by Gasteiger charge is 2.25. The number of β-amino-alcohol motifs (C(OH)–C–C–N with tert-alkyl or cyclic N) is 1. The second-order valence-electron chi connectivity index (χ2n) is 8.23. The van der Waals surface area contributed by atoms with Crippen LogP contribution >= 0.6 is 23.2 Å². The van der Waals surface area contributed by atoms with E-state index in [9.17, 15) is 14.7 Å². The predicted octanol–water partition coefficient (Wildman–Crippen LogP) is 4.69. The van der Waals surface area contributed by atoms with Crippen LogP contribution in [0.4, 0.5) is 10.5 Å². The summed E-state index contributed by atoms with van der Waals surface area (Å²) in [6.07, 6.45) is 2.88. The van der Waals surface area contributed by atoms with E-state index in [0.29, 0.717) is 28.3 Å². The number of hydrogen-bond donors (Lipinski definition) is 3. The van der Waals surface area contributed by atoms with Gasteiger partial charge in [0.05, 0.1) is 5.02 Å². The van der Waals surface area contributed by atoms with Crippen LogP contribution in [-0.4, -0.2) is 54.2 Å². The Hall–Kier alpha value is -2.78. The van der Waals surface area contributed by atoms with Crippen molar-refractivity contribution in [1.29, 1.82) is 0 Å². The van der Waals surface area contributed by atoms with E-state index in [1.54, 1.807) is 18.2 Å². The number of furan rings is 1. The quantitative estimate of drug-likeness (QED) is 0.382. The molecule has 180 valence electrons. The Labute approximate surface area is 206 Å². The van der Waals surface area contributed by atoms with E-state index in [1.165, 1.54) is 24.6 Å². The summed E-state index contributed by atoms with van der Waals surface area (Å²) >= 11 is 12.1. The first-order valence-corrected chi connectivity index (χ1v) is 11.7. The molecule has 1 unspecified atom stereocenters. The first-order chi connectivity index (χ1) is 16.3. The number of rotatable bonds is 8. The monoisotopic (exact) mass is 505 g/mol. The molecule has 1 saturated heterocycles. The minimum Gasteiger partial charge on any atom is -0.491 e. The largest absolute Gasteiger partial charge is 0.491 e. The van der Waals surface area contributed by atoms with E-state index in [4.69, 9.17) is 38.1 Å². The lowest BCUT2D eigenvalue weighted by Crippen LogP contribution is -2.38. The number of likely N-dealkylation sites (tertiary alicyclic amines) is 1. The van der Waals surface area contributed by atoms with Crippen molar-refractivity contribution in [2.45, 2.75) is 25.4 Å². The van der Waals surface area contributed by atoms with Crippen molar-refractivity contribution in [1.82, 2.24) is 4.90 Å². The number of fused-ring (bicyclic) bond motifs is 1. The van der Waals surface area contributed by atoms with Crippen molar-refractivity contribution in [3.63, 3.8) is 0 Å². The molecule has 1 aliphatic rings. The van der Waals surface area contributed by atoms with Crippen LogP contribution in [0.2, 0.25) is 10.0 Å². The number of ether oxygens (including phenoxy) is 1. The van der Waals surface area contributed by atoms with Crippen LogP contribution in [0.25, 0.3) is 11.0 Å². The van der Waals surface area contributed by atoms with Gasteiger partial charge in [-0.15, -0.1) is 0 Å². The minimum absolute atomic E-state index is 0.112. The van der Waals surface area contributed by atoms with E-state index in [2.05, 4.69) is 10.2 Å². The van der Waals surface area contributed by atoms with Gasteiger partial charge in [-0.2, -0.15) is 0 Å². The van der Waals surface area contributed by atoms with Crippen molar-refractivity contribution < 1.29 is 23.8 Å². The van der Waals surface area contributed by atoms with Crippen molar-refractivity contribution in [2.24, 2.45) is 5.73 Å². The lowest BCUT2D eigenvalue weighted by atomic mass is 10.1. The third-order valence-electron chi connectivity index (χ3n) is 5.65. The molecule has 0 aliphatic carbocycles. The van der Waals surface area contributed by atoms with Gasteiger partial charge in [-0.05, 0) is 56.3 Å². The molecule has 2 heterocycles. The lowest BCUT2D eigenvalue weighted by molar-refractivity contribution is 0.0617. The fraction of sp³-hybridized carbons (Fsp3) is 0.333.